The van der Waals surface area contributed by atoms with Crippen LogP contribution in [0.4, 0.5) is 8.78 Å². The summed E-state index contributed by atoms with van der Waals surface area (Å²) in [6, 6.07) is 15.5. The Morgan fingerprint density at radius 3 is 2.04 bits per heavy atom. The van der Waals surface area contributed by atoms with E-state index in [2.05, 4.69) is 0 Å². The number of benzene rings is 2. The summed E-state index contributed by atoms with van der Waals surface area (Å²) >= 11 is 0. The van der Waals surface area contributed by atoms with Crippen LogP contribution in [-0.4, -0.2) is 48.1 Å². The van der Waals surface area contributed by atoms with Gasteiger partial charge in [-0.05, 0) is 24.3 Å². The molecular formula is C19H16F2O6. The Kier molecular flexibility index (Phi) is 5.48. The van der Waals surface area contributed by atoms with Crippen LogP contribution < -0.4 is 0 Å². The van der Waals surface area contributed by atoms with Crippen LogP contribution in [0.2, 0.25) is 0 Å². The van der Waals surface area contributed by atoms with Gasteiger partial charge < -0.3 is 19.3 Å². The monoisotopic (exact) mass is 378 g/mol. The predicted molar refractivity (Wildman–Crippen MR) is 88.2 cm³/mol. The standard InChI is InChI=1S/C19H16F2O6/c20-19(21)15(27-17(23)13-9-5-2-6-10-13)14(26-18(19)24)11-25-16(22)12-7-3-1-4-8-12/h1-10,14-15,18,24H,11H2/t14-,15?,18?/m1/s1. The lowest BCUT2D eigenvalue weighted by molar-refractivity contribution is -0.199. The van der Waals surface area contributed by atoms with Crippen LogP contribution in [0.1, 0.15) is 20.7 Å². The fourth-order valence-corrected chi connectivity index (χ4v) is 2.57. The van der Waals surface area contributed by atoms with Crippen molar-refractivity contribution in [3.63, 3.8) is 0 Å². The van der Waals surface area contributed by atoms with Crippen molar-refractivity contribution in [1.82, 2.24) is 0 Å². The molecule has 2 aromatic rings. The van der Waals surface area contributed by atoms with Gasteiger partial charge in [-0.15, -0.1) is 0 Å². The number of hydrogen-bond acceptors (Lipinski definition) is 6. The number of carbonyl (C=O) groups excluding carboxylic acids is 2. The molecule has 1 aliphatic heterocycles. The van der Waals surface area contributed by atoms with Crippen molar-refractivity contribution in [2.24, 2.45) is 0 Å². The van der Waals surface area contributed by atoms with Crippen molar-refractivity contribution in [3.8, 4) is 0 Å². The van der Waals surface area contributed by atoms with Crippen molar-refractivity contribution >= 4 is 11.9 Å². The van der Waals surface area contributed by atoms with E-state index >= 15 is 0 Å². The molecule has 2 aromatic carbocycles. The normalized spacial score (nSPS) is 23.6. The zero-order valence-electron chi connectivity index (χ0n) is 14.0. The number of rotatable bonds is 5. The van der Waals surface area contributed by atoms with Gasteiger partial charge in [0.1, 0.15) is 12.7 Å². The van der Waals surface area contributed by atoms with E-state index in [1.54, 1.807) is 36.4 Å². The molecule has 0 radical (unpaired) electrons. The summed E-state index contributed by atoms with van der Waals surface area (Å²) in [5.74, 6) is -5.61. The predicted octanol–water partition coefficient (Wildman–Crippen LogP) is 2.42. The Balaban J connectivity index is 1.69. The molecule has 0 amide bonds. The molecule has 3 rings (SSSR count). The average molecular weight is 378 g/mol. The van der Waals surface area contributed by atoms with Crippen molar-refractivity contribution < 1.29 is 37.7 Å². The van der Waals surface area contributed by atoms with Crippen LogP contribution in [0, 0.1) is 0 Å². The van der Waals surface area contributed by atoms with E-state index in [1.165, 1.54) is 24.3 Å². The van der Waals surface area contributed by atoms with Gasteiger partial charge in [0.05, 0.1) is 11.1 Å². The Morgan fingerprint density at radius 2 is 1.48 bits per heavy atom. The number of esters is 2. The third kappa shape index (κ3) is 4.12. The van der Waals surface area contributed by atoms with Crippen LogP contribution in [-0.2, 0) is 14.2 Å². The van der Waals surface area contributed by atoms with Crippen LogP contribution in [0.3, 0.4) is 0 Å². The van der Waals surface area contributed by atoms with Crippen LogP contribution >= 0.6 is 0 Å². The molecule has 3 atom stereocenters. The molecule has 27 heavy (non-hydrogen) atoms. The zero-order valence-corrected chi connectivity index (χ0v) is 14.0. The number of aliphatic hydroxyl groups is 1. The van der Waals surface area contributed by atoms with Crippen LogP contribution in [0.5, 0.6) is 0 Å². The van der Waals surface area contributed by atoms with Crippen LogP contribution in [0.15, 0.2) is 60.7 Å². The largest absolute Gasteiger partial charge is 0.459 e. The SMILES string of the molecule is O=C(OC[C@H]1OC(O)C(F)(F)C1OC(=O)c1ccccc1)c1ccccc1. The summed E-state index contributed by atoms with van der Waals surface area (Å²) in [5.41, 5.74) is 0.287. The van der Waals surface area contributed by atoms with Gasteiger partial charge in [-0.2, -0.15) is 8.78 Å². The molecule has 2 unspecified atom stereocenters. The molecule has 0 saturated carbocycles. The van der Waals surface area contributed by atoms with Crippen molar-refractivity contribution in [3.05, 3.63) is 71.8 Å². The van der Waals surface area contributed by atoms with Gasteiger partial charge in [0.15, 0.2) is 6.10 Å². The number of alkyl halides is 2. The lowest BCUT2D eigenvalue weighted by Crippen LogP contribution is -2.44. The first-order valence-electron chi connectivity index (χ1n) is 8.09. The summed E-state index contributed by atoms with van der Waals surface area (Å²) in [4.78, 5) is 24.1. The third-order valence-corrected chi connectivity index (χ3v) is 3.98. The Morgan fingerprint density at radius 1 is 0.963 bits per heavy atom. The number of carbonyl (C=O) groups is 2. The molecule has 0 spiro atoms. The van der Waals surface area contributed by atoms with Gasteiger partial charge in [-0.3, -0.25) is 0 Å². The van der Waals surface area contributed by atoms with Crippen molar-refractivity contribution in [2.45, 2.75) is 24.4 Å². The third-order valence-electron chi connectivity index (χ3n) is 3.98. The van der Waals surface area contributed by atoms with E-state index < -0.39 is 43.0 Å². The quantitative estimate of drug-likeness (QED) is 0.805. The van der Waals surface area contributed by atoms with Gasteiger partial charge >= 0.3 is 17.9 Å². The van der Waals surface area contributed by atoms with Crippen molar-refractivity contribution in [1.29, 1.82) is 0 Å². The molecule has 8 heteroatoms. The highest BCUT2D eigenvalue weighted by molar-refractivity contribution is 5.90. The summed E-state index contributed by atoms with van der Waals surface area (Å²) < 4.78 is 43.0. The Bertz CT molecular complexity index is 796. The topological polar surface area (TPSA) is 82.1 Å². The minimum absolute atomic E-state index is 0.0646. The first kappa shape index (κ1) is 18.9. The highest BCUT2D eigenvalue weighted by Gasteiger charge is 2.61. The Hall–Kier alpha value is -2.84. The zero-order chi connectivity index (χ0) is 19.4. The maximum atomic E-state index is 14.2. The highest BCUT2D eigenvalue weighted by Crippen LogP contribution is 2.37. The smallest absolute Gasteiger partial charge is 0.338 e. The van der Waals surface area contributed by atoms with Crippen molar-refractivity contribution in [2.75, 3.05) is 6.61 Å². The minimum atomic E-state index is -3.85. The van der Waals surface area contributed by atoms with Gasteiger partial charge in [0.2, 0.25) is 6.29 Å². The van der Waals surface area contributed by atoms with E-state index in [0.717, 1.165) is 0 Å². The number of ether oxygens (including phenoxy) is 3. The molecule has 0 bridgehead atoms. The van der Waals surface area contributed by atoms with E-state index in [1.807, 2.05) is 0 Å². The second kappa shape index (κ2) is 7.81. The van der Waals surface area contributed by atoms with Crippen LogP contribution in [0.25, 0.3) is 0 Å². The van der Waals surface area contributed by atoms with Gasteiger partial charge in [0.25, 0.3) is 0 Å². The fourth-order valence-electron chi connectivity index (χ4n) is 2.57. The number of hydrogen-bond donors (Lipinski definition) is 1. The Labute approximate surface area is 153 Å². The maximum Gasteiger partial charge on any atom is 0.338 e. The molecule has 0 aromatic heterocycles. The highest BCUT2D eigenvalue weighted by atomic mass is 19.3. The number of halogens is 2. The molecule has 6 nitrogen and oxygen atoms in total. The van der Waals surface area contributed by atoms with Gasteiger partial charge in [-0.1, -0.05) is 36.4 Å². The molecule has 1 saturated heterocycles. The lowest BCUT2D eigenvalue weighted by atomic mass is 10.1. The van der Waals surface area contributed by atoms with Gasteiger partial charge in [0, 0.05) is 0 Å². The maximum absolute atomic E-state index is 14.2. The summed E-state index contributed by atoms with van der Waals surface area (Å²) in [7, 11) is 0. The van der Waals surface area contributed by atoms with E-state index in [4.69, 9.17) is 14.2 Å². The summed E-state index contributed by atoms with van der Waals surface area (Å²) in [6.07, 6.45) is -6.11. The molecular weight excluding hydrogens is 362 g/mol. The summed E-state index contributed by atoms with van der Waals surface area (Å²) in [6.45, 7) is -0.618. The van der Waals surface area contributed by atoms with E-state index in [-0.39, 0.29) is 11.1 Å². The summed E-state index contributed by atoms with van der Waals surface area (Å²) in [5, 5.41) is 9.46. The molecule has 1 N–H and O–H groups in total. The van der Waals surface area contributed by atoms with E-state index in [9.17, 15) is 23.5 Å². The molecule has 142 valence electrons. The first-order chi connectivity index (χ1) is 12.9. The molecule has 0 aliphatic carbocycles. The average Bonchev–Trinajstić information content (AvgIpc) is 2.90. The molecule has 1 aliphatic rings. The number of aliphatic hydroxyl groups excluding tert-OH is 1. The minimum Gasteiger partial charge on any atom is -0.459 e. The molecule has 1 heterocycles. The first-order valence-corrected chi connectivity index (χ1v) is 8.09. The second-order valence-corrected chi connectivity index (χ2v) is 5.86. The second-order valence-electron chi connectivity index (χ2n) is 5.86. The molecule has 1 fully saturated rings. The van der Waals surface area contributed by atoms with E-state index in [0.29, 0.717) is 0 Å². The van der Waals surface area contributed by atoms with Gasteiger partial charge in [-0.25, -0.2) is 9.59 Å². The lowest BCUT2D eigenvalue weighted by Gasteiger charge is -2.22. The fraction of sp³-hybridized carbons (Fsp3) is 0.263.